The second-order valence-electron chi connectivity index (χ2n) is 7.44. The Kier molecular flexibility index (Phi) is 5.25. The lowest BCUT2D eigenvalue weighted by atomic mass is 9.59. The molecule has 1 saturated carbocycles. The van der Waals surface area contributed by atoms with Gasteiger partial charge in [0.2, 0.25) is 0 Å². The molecule has 1 atom stereocenters. The maximum absolute atomic E-state index is 10.9. The standard InChI is InChI=1S/C16H33NO/c1-12(2)10-15(5,18)16(11-17)8-6-14(7-9-16)13(3)4/h12-14,18H,6-11,17H2,1-5H3. The van der Waals surface area contributed by atoms with E-state index in [0.717, 1.165) is 31.1 Å². The summed E-state index contributed by atoms with van der Waals surface area (Å²) in [5.74, 6) is 2.10. The molecule has 2 nitrogen and oxygen atoms in total. The normalized spacial score (nSPS) is 32.8. The molecule has 3 N–H and O–H groups in total. The molecular weight excluding hydrogens is 222 g/mol. The monoisotopic (exact) mass is 255 g/mol. The summed E-state index contributed by atoms with van der Waals surface area (Å²) < 4.78 is 0. The first kappa shape index (κ1) is 16.0. The van der Waals surface area contributed by atoms with Gasteiger partial charge >= 0.3 is 0 Å². The zero-order valence-corrected chi connectivity index (χ0v) is 13.0. The average molecular weight is 255 g/mol. The van der Waals surface area contributed by atoms with Crippen molar-refractivity contribution in [2.24, 2.45) is 28.9 Å². The van der Waals surface area contributed by atoms with Crippen molar-refractivity contribution in [3.05, 3.63) is 0 Å². The van der Waals surface area contributed by atoms with Gasteiger partial charge < -0.3 is 10.8 Å². The van der Waals surface area contributed by atoms with Crippen molar-refractivity contribution in [1.29, 1.82) is 0 Å². The molecule has 0 aromatic rings. The number of nitrogens with two attached hydrogens (primary N) is 1. The fraction of sp³-hybridized carbons (Fsp3) is 1.00. The molecule has 1 aliphatic carbocycles. The molecule has 0 bridgehead atoms. The van der Waals surface area contributed by atoms with Crippen LogP contribution in [0.4, 0.5) is 0 Å². The van der Waals surface area contributed by atoms with Crippen LogP contribution in [0.15, 0.2) is 0 Å². The van der Waals surface area contributed by atoms with Gasteiger partial charge in [-0.05, 0) is 56.8 Å². The van der Waals surface area contributed by atoms with Gasteiger partial charge in [0.25, 0.3) is 0 Å². The van der Waals surface area contributed by atoms with E-state index in [0.29, 0.717) is 12.5 Å². The number of hydrogen-bond donors (Lipinski definition) is 2. The fourth-order valence-corrected chi connectivity index (χ4v) is 3.83. The van der Waals surface area contributed by atoms with Crippen LogP contribution < -0.4 is 5.73 Å². The molecule has 0 spiro atoms. The first-order valence-corrected chi connectivity index (χ1v) is 7.66. The van der Waals surface area contributed by atoms with Crippen LogP contribution in [0.25, 0.3) is 0 Å². The predicted octanol–water partition coefficient (Wildman–Crippen LogP) is 3.57. The van der Waals surface area contributed by atoms with E-state index in [9.17, 15) is 5.11 Å². The Morgan fingerprint density at radius 2 is 1.72 bits per heavy atom. The van der Waals surface area contributed by atoms with Crippen molar-refractivity contribution in [1.82, 2.24) is 0 Å². The molecule has 0 saturated heterocycles. The highest BCUT2D eigenvalue weighted by molar-refractivity contribution is 5.00. The van der Waals surface area contributed by atoms with Gasteiger partial charge in [-0.1, -0.05) is 27.7 Å². The van der Waals surface area contributed by atoms with E-state index >= 15 is 0 Å². The van der Waals surface area contributed by atoms with Gasteiger partial charge in [0.05, 0.1) is 5.60 Å². The van der Waals surface area contributed by atoms with Crippen molar-refractivity contribution >= 4 is 0 Å². The number of hydrogen-bond acceptors (Lipinski definition) is 2. The second-order valence-corrected chi connectivity index (χ2v) is 7.44. The Hall–Kier alpha value is -0.0800. The van der Waals surface area contributed by atoms with Crippen LogP contribution in [0.2, 0.25) is 0 Å². The third kappa shape index (κ3) is 3.27. The molecule has 2 heteroatoms. The molecule has 0 heterocycles. The van der Waals surface area contributed by atoms with Gasteiger partial charge in [0, 0.05) is 12.0 Å². The van der Waals surface area contributed by atoms with E-state index in [4.69, 9.17) is 5.73 Å². The highest BCUT2D eigenvalue weighted by Gasteiger charge is 2.48. The molecule has 1 rings (SSSR count). The van der Waals surface area contributed by atoms with Crippen molar-refractivity contribution in [2.45, 2.75) is 72.3 Å². The van der Waals surface area contributed by atoms with E-state index < -0.39 is 5.60 Å². The largest absolute Gasteiger partial charge is 0.390 e. The highest BCUT2D eigenvalue weighted by atomic mass is 16.3. The highest BCUT2D eigenvalue weighted by Crippen LogP contribution is 2.49. The van der Waals surface area contributed by atoms with E-state index in [1.165, 1.54) is 12.8 Å². The Balaban J connectivity index is 2.76. The summed E-state index contributed by atoms with van der Waals surface area (Å²) >= 11 is 0. The summed E-state index contributed by atoms with van der Waals surface area (Å²) in [6, 6.07) is 0. The zero-order chi connectivity index (χ0) is 14.0. The molecule has 108 valence electrons. The van der Waals surface area contributed by atoms with Gasteiger partial charge in [-0.3, -0.25) is 0 Å². The van der Waals surface area contributed by atoms with Gasteiger partial charge in [0.1, 0.15) is 0 Å². The van der Waals surface area contributed by atoms with Crippen molar-refractivity contribution < 1.29 is 5.11 Å². The summed E-state index contributed by atoms with van der Waals surface area (Å²) in [5, 5.41) is 10.9. The van der Waals surface area contributed by atoms with E-state index in [1.807, 2.05) is 6.92 Å². The van der Waals surface area contributed by atoms with Crippen LogP contribution >= 0.6 is 0 Å². The maximum atomic E-state index is 10.9. The summed E-state index contributed by atoms with van der Waals surface area (Å²) in [7, 11) is 0. The minimum atomic E-state index is -0.613. The van der Waals surface area contributed by atoms with E-state index in [2.05, 4.69) is 27.7 Å². The molecule has 18 heavy (non-hydrogen) atoms. The molecule has 0 radical (unpaired) electrons. The van der Waals surface area contributed by atoms with Crippen molar-refractivity contribution in [3.8, 4) is 0 Å². The van der Waals surface area contributed by atoms with Gasteiger partial charge in [0.15, 0.2) is 0 Å². The van der Waals surface area contributed by atoms with Crippen molar-refractivity contribution in [2.75, 3.05) is 6.54 Å². The summed E-state index contributed by atoms with van der Waals surface area (Å²) in [5.41, 5.74) is 5.40. The Morgan fingerprint density at radius 3 is 2.06 bits per heavy atom. The molecule has 0 aliphatic heterocycles. The minimum Gasteiger partial charge on any atom is -0.390 e. The summed E-state index contributed by atoms with van der Waals surface area (Å²) in [6.45, 7) is 11.6. The number of aliphatic hydroxyl groups is 1. The van der Waals surface area contributed by atoms with Gasteiger partial charge in [-0.25, -0.2) is 0 Å². The topological polar surface area (TPSA) is 46.2 Å². The molecule has 0 aromatic carbocycles. The zero-order valence-electron chi connectivity index (χ0n) is 13.0. The summed E-state index contributed by atoms with van der Waals surface area (Å²) in [4.78, 5) is 0. The van der Waals surface area contributed by atoms with E-state index in [1.54, 1.807) is 0 Å². The SMILES string of the molecule is CC(C)CC(C)(O)C1(CN)CCC(C(C)C)CC1. The average Bonchev–Trinajstić information content (AvgIpc) is 2.27. The molecular formula is C16H33NO. The first-order chi connectivity index (χ1) is 8.24. The van der Waals surface area contributed by atoms with Crippen LogP contribution in [0.3, 0.4) is 0 Å². The van der Waals surface area contributed by atoms with Crippen LogP contribution in [0, 0.1) is 23.2 Å². The lowest BCUT2D eigenvalue weighted by Crippen LogP contribution is -2.53. The van der Waals surface area contributed by atoms with Crippen LogP contribution in [0.5, 0.6) is 0 Å². The Labute approximate surface area is 113 Å². The van der Waals surface area contributed by atoms with Crippen molar-refractivity contribution in [3.63, 3.8) is 0 Å². The molecule has 1 aliphatic rings. The van der Waals surface area contributed by atoms with Crippen LogP contribution in [0.1, 0.15) is 66.7 Å². The molecule has 1 fully saturated rings. The van der Waals surface area contributed by atoms with Gasteiger partial charge in [-0.15, -0.1) is 0 Å². The minimum absolute atomic E-state index is 0.0529. The second kappa shape index (κ2) is 5.92. The third-order valence-electron chi connectivity index (χ3n) is 5.27. The smallest absolute Gasteiger partial charge is 0.0690 e. The Morgan fingerprint density at radius 1 is 1.22 bits per heavy atom. The van der Waals surface area contributed by atoms with E-state index in [-0.39, 0.29) is 5.41 Å². The number of rotatable bonds is 5. The molecule has 1 unspecified atom stereocenters. The lowest BCUT2D eigenvalue weighted by Gasteiger charge is -2.50. The summed E-state index contributed by atoms with van der Waals surface area (Å²) in [6.07, 6.45) is 5.49. The van der Waals surface area contributed by atoms with Gasteiger partial charge in [-0.2, -0.15) is 0 Å². The quantitative estimate of drug-likeness (QED) is 0.789. The first-order valence-electron chi connectivity index (χ1n) is 7.66. The third-order valence-corrected chi connectivity index (χ3v) is 5.27. The van der Waals surface area contributed by atoms with Crippen LogP contribution in [-0.4, -0.2) is 17.3 Å². The lowest BCUT2D eigenvalue weighted by molar-refractivity contribution is -0.105. The predicted molar refractivity (Wildman–Crippen MR) is 78.4 cm³/mol. The Bertz CT molecular complexity index is 250. The maximum Gasteiger partial charge on any atom is 0.0690 e. The van der Waals surface area contributed by atoms with Crippen LogP contribution in [-0.2, 0) is 0 Å². The molecule has 0 amide bonds. The fourth-order valence-electron chi connectivity index (χ4n) is 3.83. The molecule has 0 aromatic heterocycles.